The lowest BCUT2D eigenvalue weighted by Crippen LogP contribution is -2.10. The summed E-state index contributed by atoms with van der Waals surface area (Å²) in [7, 11) is 0. The lowest BCUT2D eigenvalue weighted by Gasteiger charge is -2.08. The maximum absolute atomic E-state index is 5.81. The zero-order valence-corrected chi connectivity index (χ0v) is 9.80. The van der Waals surface area contributed by atoms with Crippen LogP contribution >= 0.6 is 0 Å². The zero-order chi connectivity index (χ0) is 12.1. The van der Waals surface area contributed by atoms with Gasteiger partial charge in [-0.2, -0.15) is 0 Å². The Bertz CT molecular complexity index is 465. The first-order valence-electron chi connectivity index (χ1n) is 5.57. The van der Waals surface area contributed by atoms with E-state index in [0.29, 0.717) is 5.69 Å². The molecule has 0 unspecified atom stereocenters. The maximum atomic E-state index is 5.81. The zero-order valence-electron chi connectivity index (χ0n) is 9.80. The molecule has 0 amide bonds. The number of aromatic nitrogens is 4. The fraction of sp³-hybridized carbons (Fsp3) is 0.364. The van der Waals surface area contributed by atoms with E-state index in [2.05, 4.69) is 20.6 Å². The van der Waals surface area contributed by atoms with Crippen LogP contribution in [0.4, 0.5) is 11.5 Å². The highest BCUT2D eigenvalue weighted by Crippen LogP contribution is 2.14. The Morgan fingerprint density at radius 2 is 2.29 bits per heavy atom. The first kappa shape index (κ1) is 11.4. The Labute approximate surface area is 99.9 Å². The molecule has 0 aliphatic heterocycles. The van der Waals surface area contributed by atoms with E-state index in [-0.39, 0.29) is 0 Å². The van der Waals surface area contributed by atoms with Crippen LogP contribution < -0.4 is 11.1 Å². The summed E-state index contributed by atoms with van der Waals surface area (Å²) in [6, 6.07) is 3.76. The minimum absolute atomic E-state index is 0.677. The molecule has 0 aliphatic rings. The predicted molar refractivity (Wildman–Crippen MR) is 66.5 cm³/mol. The van der Waals surface area contributed by atoms with Crippen LogP contribution in [-0.4, -0.2) is 26.5 Å². The van der Waals surface area contributed by atoms with E-state index >= 15 is 0 Å². The Morgan fingerprint density at radius 1 is 1.41 bits per heavy atom. The third-order valence-electron chi connectivity index (χ3n) is 2.39. The predicted octanol–water partition coefficient (Wildman–Crippen LogP) is 1.07. The molecule has 0 spiro atoms. The first-order valence-corrected chi connectivity index (χ1v) is 5.57. The van der Waals surface area contributed by atoms with Gasteiger partial charge in [-0.15, -0.1) is 5.10 Å². The van der Waals surface area contributed by atoms with Gasteiger partial charge in [0.2, 0.25) is 0 Å². The van der Waals surface area contributed by atoms with Crippen molar-refractivity contribution >= 4 is 11.5 Å². The molecule has 0 atom stereocenters. The van der Waals surface area contributed by atoms with E-state index in [1.807, 2.05) is 25.3 Å². The number of hydrogen-bond acceptors (Lipinski definition) is 5. The molecule has 17 heavy (non-hydrogen) atoms. The van der Waals surface area contributed by atoms with Crippen molar-refractivity contribution in [2.75, 3.05) is 17.6 Å². The average molecular weight is 232 g/mol. The van der Waals surface area contributed by atoms with Crippen molar-refractivity contribution in [2.45, 2.75) is 19.9 Å². The van der Waals surface area contributed by atoms with Gasteiger partial charge in [0, 0.05) is 25.0 Å². The SMILES string of the molecule is Cc1ccc(N)c(NCCCn2ccnn2)n1. The summed E-state index contributed by atoms with van der Waals surface area (Å²) >= 11 is 0. The number of anilines is 2. The molecular weight excluding hydrogens is 216 g/mol. The molecule has 0 saturated carbocycles. The quantitative estimate of drug-likeness (QED) is 0.753. The average Bonchev–Trinajstić information content (AvgIpc) is 2.82. The third-order valence-corrected chi connectivity index (χ3v) is 2.39. The second-order valence-electron chi connectivity index (χ2n) is 3.84. The van der Waals surface area contributed by atoms with Crippen LogP contribution in [0.2, 0.25) is 0 Å². The summed E-state index contributed by atoms with van der Waals surface area (Å²) in [6.07, 6.45) is 4.46. The van der Waals surface area contributed by atoms with E-state index in [1.165, 1.54) is 0 Å². The fourth-order valence-electron chi connectivity index (χ4n) is 1.51. The Balaban J connectivity index is 1.80. The van der Waals surface area contributed by atoms with E-state index in [0.717, 1.165) is 31.0 Å². The van der Waals surface area contributed by atoms with Crippen molar-refractivity contribution in [3.8, 4) is 0 Å². The van der Waals surface area contributed by atoms with E-state index in [9.17, 15) is 0 Å². The molecule has 2 aromatic heterocycles. The van der Waals surface area contributed by atoms with Crippen molar-refractivity contribution in [1.82, 2.24) is 20.0 Å². The third kappa shape index (κ3) is 3.17. The molecular formula is C11H16N6. The van der Waals surface area contributed by atoms with Crippen molar-refractivity contribution in [2.24, 2.45) is 0 Å². The minimum atomic E-state index is 0.677. The summed E-state index contributed by atoms with van der Waals surface area (Å²) < 4.78 is 1.80. The summed E-state index contributed by atoms with van der Waals surface area (Å²) in [4.78, 5) is 4.34. The van der Waals surface area contributed by atoms with Gasteiger partial charge < -0.3 is 11.1 Å². The van der Waals surface area contributed by atoms with Gasteiger partial charge >= 0.3 is 0 Å². The molecule has 0 saturated heterocycles. The van der Waals surface area contributed by atoms with Gasteiger partial charge in [-0.1, -0.05) is 5.21 Å². The highest BCUT2D eigenvalue weighted by atomic mass is 15.4. The number of nitrogens with zero attached hydrogens (tertiary/aromatic N) is 4. The van der Waals surface area contributed by atoms with Gasteiger partial charge in [0.15, 0.2) is 0 Å². The number of pyridine rings is 1. The number of nitrogens with one attached hydrogen (secondary N) is 1. The number of nitrogens with two attached hydrogens (primary N) is 1. The molecule has 6 heteroatoms. The van der Waals surface area contributed by atoms with E-state index < -0.39 is 0 Å². The summed E-state index contributed by atoms with van der Waals surface area (Å²) in [5.74, 6) is 0.753. The Kier molecular flexibility index (Phi) is 3.54. The lowest BCUT2D eigenvalue weighted by atomic mass is 10.3. The van der Waals surface area contributed by atoms with Crippen LogP contribution in [0.25, 0.3) is 0 Å². The van der Waals surface area contributed by atoms with Crippen LogP contribution in [0.5, 0.6) is 0 Å². The number of rotatable bonds is 5. The number of aryl methyl sites for hydroxylation is 2. The van der Waals surface area contributed by atoms with E-state index in [1.54, 1.807) is 10.9 Å². The molecule has 0 bridgehead atoms. The van der Waals surface area contributed by atoms with Crippen LogP contribution in [-0.2, 0) is 6.54 Å². The van der Waals surface area contributed by atoms with Gasteiger partial charge in [-0.25, -0.2) is 4.98 Å². The largest absolute Gasteiger partial charge is 0.396 e. The molecule has 0 radical (unpaired) electrons. The molecule has 3 N–H and O–H groups in total. The van der Waals surface area contributed by atoms with Crippen molar-refractivity contribution in [3.05, 3.63) is 30.2 Å². The Hall–Kier alpha value is -2.11. The second-order valence-corrected chi connectivity index (χ2v) is 3.84. The first-order chi connectivity index (χ1) is 8.25. The van der Waals surface area contributed by atoms with Gasteiger partial charge in [0.1, 0.15) is 5.82 Å². The Morgan fingerprint density at radius 3 is 3.06 bits per heavy atom. The van der Waals surface area contributed by atoms with Crippen LogP contribution in [0.3, 0.4) is 0 Å². The normalized spacial score (nSPS) is 10.4. The minimum Gasteiger partial charge on any atom is -0.396 e. The van der Waals surface area contributed by atoms with Gasteiger partial charge in [-0.05, 0) is 25.5 Å². The molecule has 2 heterocycles. The van der Waals surface area contributed by atoms with Crippen LogP contribution in [0.1, 0.15) is 12.1 Å². The smallest absolute Gasteiger partial charge is 0.149 e. The highest BCUT2D eigenvalue weighted by molar-refractivity contribution is 5.61. The van der Waals surface area contributed by atoms with Crippen molar-refractivity contribution in [1.29, 1.82) is 0 Å². The summed E-state index contributed by atoms with van der Waals surface area (Å²) in [5, 5.41) is 10.9. The molecule has 2 rings (SSSR count). The summed E-state index contributed by atoms with van der Waals surface area (Å²) in [5.41, 5.74) is 7.45. The van der Waals surface area contributed by atoms with Crippen LogP contribution in [0, 0.1) is 6.92 Å². The monoisotopic (exact) mass is 232 g/mol. The fourth-order valence-corrected chi connectivity index (χ4v) is 1.51. The van der Waals surface area contributed by atoms with Gasteiger partial charge in [0.25, 0.3) is 0 Å². The standard InChI is InChI=1S/C11H16N6/c1-9-3-4-10(12)11(15-9)13-5-2-7-17-8-6-14-16-17/h3-4,6,8H,2,5,7,12H2,1H3,(H,13,15). The summed E-state index contributed by atoms with van der Waals surface area (Å²) in [6.45, 7) is 3.58. The lowest BCUT2D eigenvalue weighted by molar-refractivity contribution is 0.569. The molecule has 0 aromatic carbocycles. The topological polar surface area (TPSA) is 81.6 Å². The van der Waals surface area contributed by atoms with Gasteiger partial charge in [0.05, 0.1) is 11.9 Å². The van der Waals surface area contributed by atoms with Crippen molar-refractivity contribution in [3.63, 3.8) is 0 Å². The molecule has 2 aromatic rings. The molecule has 90 valence electrons. The molecule has 0 fully saturated rings. The van der Waals surface area contributed by atoms with Crippen LogP contribution in [0.15, 0.2) is 24.5 Å². The number of nitrogen functional groups attached to an aromatic ring is 1. The second kappa shape index (κ2) is 5.29. The van der Waals surface area contributed by atoms with Crippen molar-refractivity contribution < 1.29 is 0 Å². The maximum Gasteiger partial charge on any atom is 0.149 e. The highest BCUT2D eigenvalue weighted by Gasteiger charge is 2.00. The molecule has 0 aliphatic carbocycles. The molecule has 6 nitrogen and oxygen atoms in total. The van der Waals surface area contributed by atoms with E-state index in [4.69, 9.17) is 5.73 Å². The van der Waals surface area contributed by atoms with Gasteiger partial charge in [-0.3, -0.25) is 4.68 Å². The number of hydrogen-bond donors (Lipinski definition) is 2.